The fourth-order valence-corrected chi connectivity index (χ4v) is 11.6. The van der Waals surface area contributed by atoms with Gasteiger partial charge in [0.25, 0.3) is 6.29 Å². The normalized spacial score (nSPS) is 13.5. The van der Waals surface area contributed by atoms with Crippen LogP contribution >= 0.6 is 0 Å². The van der Waals surface area contributed by atoms with E-state index >= 15 is 0 Å². The predicted molar refractivity (Wildman–Crippen MR) is 446 cm³/mol. The fraction of sp³-hybridized carbons (Fsp3) is 0.670. The number of aliphatic carboxylic acids is 1. The third kappa shape index (κ3) is 83.8. The van der Waals surface area contributed by atoms with Crippen LogP contribution in [0.1, 0.15) is 348 Å². The Labute approximate surface area is 635 Å². The van der Waals surface area contributed by atoms with E-state index in [1.165, 1.54) is 180 Å². The third-order valence-corrected chi connectivity index (χ3v) is 18.0. The Morgan fingerprint density at radius 1 is 0.291 bits per heavy atom. The zero-order chi connectivity index (χ0) is 74.6. The van der Waals surface area contributed by atoms with Crippen LogP contribution < -0.4 is 0 Å². The number of quaternary nitrogens is 1. The molecule has 0 aliphatic carbocycles. The smallest absolute Gasteiger partial charge is 0.361 e. The first-order chi connectivity index (χ1) is 50.6. The van der Waals surface area contributed by atoms with Crippen molar-refractivity contribution in [1.82, 2.24) is 0 Å². The van der Waals surface area contributed by atoms with E-state index in [0.717, 1.165) is 135 Å². The average Bonchev–Trinajstić information content (AvgIpc) is 1.01. The first-order valence-corrected chi connectivity index (χ1v) is 42.3. The lowest BCUT2D eigenvalue weighted by molar-refractivity contribution is -0.870. The van der Waals surface area contributed by atoms with E-state index in [2.05, 4.69) is 184 Å². The van der Waals surface area contributed by atoms with Crippen LogP contribution in [-0.4, -0.2) is 87.4 Å². The average molecular weight is 1430 g/mol. The van der Waals surface area contributed by atoms with Gasteiger partial charge in [-0.1, -0.05) is 377 Å². The van der Waals surface area contributed by atoms with Gasteiger partial charge in [-0.15, -0.1) is 0 Å². The lowest BCUT2D eigenvalue weighted by Crippen LogP contribution is -2.40. The highest BCUT2D eigenvalue weighted by atomic mass is 16.7. The van der Waals surface area contributed by atoms with Crippen LogP contribution in [0.4, 0.5) is 0 Å². The number of esters is 2. The highest BCUT2D eigenvalue weighted by Gasteiger charge is 2.25. The zero-order valence-corrected chi connectivity index (χ0v) is 67.2. The maximum absolute atomic E-state index is 13.0. The maximum Gasteiger partial charge on any atom is 0.361 e. The molecular weight excluding hydrogens is 1270 g/mol. The van der Waals surface area contributed by atoms with Crippen LogP contribution in [0.15, 0.2) is 170 Å². The summed E-state index contributed by atoms with van der Waals surface area (Å²) >= 11 is 0. The van der Waals surface area contributed by atoms with E-state index in [9.17, 15) is 19.5 Å². The topological polar surface area (TPSA) is 108 Å². The van der Waals surface area contributed by atoms with Crippen LogP contribution in [-0.2, 0) is 33.3 Å². The Balaban J connectivity index is 4.04. The molecule has 0 amide bonds. The van der Waals surface area contributed by atoms with Gasteiger partial charge in [-0.05, 0) is 128 Å². The molecule has 586 valence electrons. The standard InChI is InChI=1S/C94H157NO8/c1-6-8-10-12-14-16-18-20-22-24-26-28-30-32-34-36-38-40-42-44-45-46-47-49-51-53-55-57-59-61-63-65-67-69-71-73-75-77-79-81-83-85-92(97)103-90(89-102-94(93(98)99)100-87-86-95(3,4)5)88-101-91(96)84-82-80-78-76-74-72-70-68-66-64-62-60-58-56-54-52-50-48-43-41-39-37-35-33-31-29-27-25-23-21-19-17-15-13-11-9-7-2/h8-11,14-17,20-23,26-29,32,34,38,40,44-45,47,49,53,55,59,61,90,94H,6-7,12-13,18-19,24-25,30-31,33,35-37,39,41-43,46,48,50-52,54,56-58,60,62-89H2,1-5H3/p+1/b10-8-,11-9-,16-14-,17-15-,22-20-,23-21-,28-26-,29-27-,34-32-,40-38-,45-44-,49-47-,55-53-,61-59-. The van der Waals surface area contributed by atoms with Crippen molar-refractivity contribution in [3.05, 3.63) is 170 Å². The Kier molecular flexibility index (Phi) is 78.0. The lowest BCUT2D eigenvalue weighted by atomic mass is 10.0. The molecule has 0 radical (unpaired) electrons. The van der Waals surface area contributed by atoms with Crippen molar-refractivity contribution in [1.29, 1.82) is 0 Å². The van der Waals surface area contributed by atoms with Crippen LogP contribution in [0.2, 0.25) is 0 Å². The number of allylic oxidation sites excluding steroid dienone is 28. The second-order valence-electron chi connectivity index (χ2n) is 29.0. The molecule has 2 unspecified atom stereocenters. The molecule has 9 nitrogen and oxygen atoms in total. The number of nitrogens with zero attached hydrogens (tertiary/aromatic N) is 1. The molecule has 103 heavy (non-hydrogen) atoms. The Hall–Kier alpha value is -5.35. The van der Waals surface area contributed by atoms with E-state index in [4.69, 9.17) is 18.9 Å². The minimum Gasteiger partial charge on any atom is -0.477 e. The summed E-state index contributed by atoms with van der Waals surface area (Å²) in [5.41, 5.74) is 0. The number of hydrogen-bond acceptors (Lipinski definition) is 7. The SMILES string of the molecule is CC/C=C\C/C=C\C/C=C\C/C=C\C/C=C\C/C=C\C/C=C\C/C=C\C/C=C\C/C=C\CCCCCCCCCCCCC(=O)OC(COC(=O)CCCCCCCCCCCCCCCCCCCCCCCCCC/C=C\C/C=C\C/C=C\C/C=C\CC)COC(OCC[N+](C)(C)C)C(=O)O. The molecule has 0 aliphatic heterocycles. The van der Waals surface area contributed by atoms with Crippen molar-refractivity contribution in [3.63, 3.8) is 0 Å². The first kappa shape index (κ1) is 97.7. The summed E-state index contributed by atoms with van der Waals surface area (Å²) in [4.78, 5) is 37.8. The van der Waals surface area contributed by atoms with Crippen molar-refractivity contribution in [3.8, 4) is 0 Å². The number of hydrogen-bond donors (Lipinski definition) is 1. The largest absolute Gasteiger partial charge is 0.477 e. The minimum absolute atomic E-state index is 0.182. The summed E-state index contributed by atoms with van der Waals surface area (Å²) in [6, 6.07) is 0. The Morgan fingerprint density at radius 3 is 0.777 bits per heavy atom. The monoisotopic (exact) mass is 1430 g/mol. The van der Waals surface area contributed by atoms with Crippen molar-refractivity contribution < 1.29 is 42.9 Å². The van der Waals surface area contributed by atoms with E-state index in [1.54, 1.807) is 0 Å². The molecule has 2 atom stereocenters. The summed E-state index contributed by atoms with van der Waals surface area (Å²) in [6.07, 6.45) is 121. The van der Waals surface area contributed by atoms with Crippen LogP contribution in [0, 0.1) is 0 Å². The summed E-state index contributed by atoms with van der Waals surface area (Å²) in [6.45, 7) is 4.67. The van der Waals surface area contributed by atoms with Crippen LogP contribution in [0.3, 0.4) is 0 Å². The number of carbonyl (C=O) groups is 3. The van der Waals surface area contributed by atoms with E-state index in [1.807, 2.05) is 21.1 Å². The Bertz CT molecular complexity index is 2310. The lowest BCUT2D eigenvalue weighted by Gasteiger charge is -2.25. The molecule has 0 aromatic rings. The van der Waals surface area contributed by atoms with Crippen molar-refractivity contribution >= 4 is 17.9 Å². The molecule has 0 aromatic heterocycles. The van der Waals surface area contributed by atoms with Gasteiger partial charge < -0.3 is 28.5 Å². The third-order valence-electron chi connectivity index (χ3n) is 18.0. The minimum atomic E-state index is -1.52. The Morgan fingerprint density at radius 2 is 0.524 bits per heavy atom. The van der Waals surface area contributed by atoms with Gasteiger partial charge >= 0.3 is 17.9 Å². The number of unbranched alkanes of at least 4 members (excludes halogenated alkanes) is 34. The number of carboxylic acid groups (broad SMARTS) is 1. The van der Waals surface area contributed by atoms with E-state index in [0.29, 0.717) is 23.9 Å². The molecule has 0 rings (SSSR count). The van der Waals surface area contributed by atoms with Gasteiger partial charge in [0.1, 0.15) is 13.2 Å². The van der Waals surface area contributed by atoms with Gasteiger partial charge in [0.05, 0.1) is 34.4 Å². The first-order valence-electron chi connectivity index (χ1n) is 42.3. The van der Waals surface area contributed by atoms with Gasteiger partial charge in [0.2, 0.25) is 0 Å². The summed E-state index contributed by atoms with van der Waals surface area (Å²) in [5.74, 6) is -2.01. The molecule has 0 spiro atoms. The molecule has 0 aliphatic rings. The molecule has 1 N–H and O–H groups in total. The van der Waals surface area contributed by atoms with Crippen molar-refractivity contribution in [2.75, 3.05) is 47.5 Å². The molecule has 0 saturated carbocycles. The number of carbonyl (C=O) groups excluding carboxylic acids is 2. The summed E-state index contributed by atoms with van der Waals surface area (Å²) < 4.78 is 23.1. The quantitative estimate of drug-likeness (QED) is 0.0211. The van der Waals surface area contributed by atoms with Crippen molar-refractivity contribution in [2.24, 2.45) is 0 Å². The van der Waals surface area contributed by atoms with Gasteiger partial charge in [-0.2, -0.15) is 0 Å². The highest BCUT2D eigenvalue weighted by molar-refractivity contribution is 5.71. The van der Waals surface area contributed by atoms with Gasteiger partial charge in [0.15, 0.2) is 6.10 Å². The van der Waals surface area contributed by atoms with Crippen LogP contribution in [0.5, 0.6) is 0 Å². The molecule has 0 saturated heterocycles. The van der Waals surface area contributed by atoms with Crippen LogP contribution in [0.25, 0.3) is 0 Å². The number of likely N-dealkylation sites (N-methyl/N-ethyl adjacent to an activating group) is 1. The van der Waals surface area contributed by atoms with Crippen molar-refractivity contribution in [2.45, 2.75) is 360 Å². The maximum atomic E-state index is 13.0. The van der Waals surface area contributed by atoms with Gasteiger partial charge in [0, 0.05) is 12.8 Å². The number of carboxylic acids is 1. The molecule has 0 fully saturated rings. The summed E-state index contributed by atoms with van der Waals surface area (Å²) in [7, 11) is 5.98. The fourth-order valence-electron chi connectivity index (χ4n) is 11.6. The molecule has 0 bridgehead atoms. The summed E-state index contributed by atoms with van der Waals surface area (Å²) in [5, 5.41) is 9.79. The molecular formula is C94H158NO8+. The molecule has 0 aromatic carbocycles. The second-order valence-corrected chi connectivity index (χ2v) is 29.0. The number of ether oxygens (including phenoxy) is 4. The predicted octanol–water partition coefficient (Wildman–Crippen LogP) is 27.7. The van der Waals surface area contributed by atoms with Gasteiger partial charge in [-0.3, -0.25) is 9.59 Å². The highest BCUT2D eigenvalue weighted by Crippen LogP contribution is 2.19. The molecule has 9 heteroatoms. The second kappa shape index (κ2) is 82.3. The molecule has 0 heterocycles. The zero-order valence-electron chi connectivity index (χ0n) is 67.2. The number of rotatable bonds is 77. The van der Waals surface area contributed by atoms with Gasteiger partial charge in [-0.25, -0.2) is 4.79 Å². The van der Waals surface area contributed by atoms with E-state index < -0.39 is 24.3 Å². The van der Waals surface area contributed by atoms with E-state index in [-0.39, 0.29) is 32.2 Å².